The quantitative estimate of drug-likeness (QED) is 0.321. The molecule has 2 N–H and O–H groups in total. The van der Waals surface area contributed by atoms with Crippen LogP contribution in [0.2, 0.25) is 25.7 Å². The molecular formula is C22H31N3O5SSi. The highest BCUT2D eigenvalue weighted by molar-refractivity contribution is 7.92. The van der Waals surface area contributed by atoms with Gasteiger partial charge < -0.3 is 19.1 Å². The van der Waals surface area contributed by atoms with Gasteiger partial charge in [0.05, 0.1) is 11.5 Å². The van der Waals surface area contributed by atoms with Crippen molar-refractivity contribution in [1.82, 2.24) is 9.55 Å². The van der Waals surface area contributed by atoms with Crippen molar-refractivity contribution >= 4 is 34.8 Å². The van der Waals surface area contributed by atoms with Crippen LogP contribution in [-0.2, 0) is 21.5 Å². The molecule has 10 heteroatoms. The molecule has 0 saturated heterocycles. The smallest absolute Gasteiger partial charge is 0.262 e. The Morgan fingerprint density at radius 2 is 1.84 bits per heavy atom. The lowest BCUT2D eigenvalue weighted by Crippen LogP contribution is -2.22. The average molecular weight is 478 g/mol. The molecule has 0 saturated carbocycles. The summed E-state index contributed by atoms with van der Waals surface area (Å²) < 4.78 is 41.5. The number of hydrogen-bond donors (Lipinski definition) is 2. The van der Waals surface area contributed by atoms with Gasteiger partial charge in [-0.15, -0.1) is 0 Å². The van der Waals surface area contributed by atoms with Gasteiger partial charge in [-0.1, -0.05) is 37.3 Å². The number of fused-ring (bicyclic) bond motifs is 1. The lowest BCUT2D eigenvalue weighted by Gasteiger charge is -2.16. The van der Waals surface area contributed by atoms with Crippen molar-refractivity contribution < 1.29 is 23.0 Å². The van der Waals surface area contributed by atoms with E-state index in [0.717, 1.165) is 17.0 Å². The molecule has 0 unspecified atom stereocenters. The predicted octanol–water partition coefficient (Wildman–Crippen LogP) is 3.83. The Hall–Kier alpha value is -2.40. The normalized spacial score (nSPS) is 12.3. The van der Waals surface area contributed by atoms with Gasteiger partial charge in [0.1, 0.15) is 24.7 Å². The highest BCUT2D eigenvalue weighted by Crippen LogP contribution is 2.30. The monoisotopic (exact) mass is 477 g/mol. The number of nitrogens with one attached hydrogen (secondary N) is 1. The number of sulfonamides is 1. The van der Waals surface area contributed by atoms with Gasteiger partial charge in [-0.05, 0) is 37.2 Å². The summed E-state index contributed by atoms with van der Waals surface area (Å²) in [7, 11) is -5.01. The molecule has 3 aromatic rings. The highest BCUT2D eigenvalue weighted by Gasteiger charge is 2.19. The molecule has 0 fully saturated rings. The third kappa shape index (κ3) is 6.32. The van der Waals surface area contributed by atoms with Crippen molar-refractivity contribution in [3.63, 3.8) is 0 Å². The first-order valence-corrected chi connectivity index (χ1v) is 15.7. The molecule has 0 spiro atoms. The first-order chi connectivity index (χ1) is 15.1. The lowest BCUT2D eigenvalue weighted by atomic mass is 10.2. The van der Waals surface area contributed by atoms with Crippen LogP contribution in [0.5, 0.6) is 5.88 Å². The Morgan fingerprint density at radius 3 is 2.50 bits per heavy atom. The van der Waals surface area contributed by atoms with E-state index in [-0.39, 0.29) is 29.7 Å². The van der Waals surface area contributed by atoms with Gasteiger partial charge in [-0.2, -0.15) is 4.98 Å². The summed E-state index contributed by atoms with van der Waals surface area (Å²) in [4.78, 5) is 4.67. The predicted molar refractivity (Wildman–Crippen MR) is 128 cm³/mol. The van der Waals surface area contributed by atoms with Crippen LogP contribution in [0.3, 0.4) is 0 Å². The van der Waals surface area contributed by atoms with Crippen LogP contribution >= 0.6 is 0 Å². The van der Waals surface area contributed by atoms with Gasteiger partial charge >= 0.3 is 0 Å². The number of aliphatic hydroxyl groups excluding tert-OH is 1. The van der Waals surface area contributed by atoms with Gasteiger partial charge in [0.2, 0.25) is 5.88 Å². The topological polar surface area (TPSA) is 103 Å². The minimum absolute atomic E-state index is 0.00874. The maximum atomic E-state index is 12.9. The number of nitrogens with zero attached hydrogens (tertiary/aromatic N) is 2. The van der Waals surface area contributed by atoms with Crippen molar-refractivity contribution in [3.05, 3.63) is 48.2 Å². The summed E-state index contributed by atoms with van der Waals surface area (Å²) in [6.45, 7) is 9.58. The molecule has 1 aromatic carbocycles. The van der Waals surface area contributed by atoms with Gasteiger partial charge in [-0.3, -0.25) is 4.72 Å². The Labute approximate surface area is 190 Å². The Balaban J connectivity index is 1.86. The molecule has 174 valence electrons. The largest absolute Gasteiger partial charge is 0.474 e. The van der Waals surface area contributed by atoms with Crippen LogP contribution in [-0.4, -0.2) is 51.0 Å². The molecule has 0 amide bonds. The second-order valence-electron chi connectivity index (χ2n) is 8.88. The van der Waals surface area contributed by atoms with Crippen molar-refractivity contribution in [2.24, 2.45) is 0 Å². The number of aliphatic hydroxyl groups is 1. The number of aromatic nitrogens is 2. The van der Waals surface area contributed by atoms with E-state index in [2.05, 4.69) is 29.3 Å². The molecule has 0 radical (unpaired) electrons. The van der Waals surface area contributed by atoms with Crippen LogP contribution in [0.25, 0.3) is 11.0 Å². The van der Waals surface area contributed by atoms with E-state index < -0.39 is 18.1 Å². The molecule has 0 aliphatic rings. The molecule has 3 rings (SSSR count). The molecule has 0 bridgehead atoms. The Bertz CT molecular complexity index is 1150. The number of anilines is 1. The number of benzene rings is 1. The third-order valence-corrected chi connectivity index (χ3v) is 7.92. The van der Waals surface area contributed by atoms with E-state index in [1.807, 2.05) is 23.8 Å². The zero-order valence-corrected chi connectivity index (χ0v) is 20.8. The summed E-state index contributed by atoms with van der Waals surface area (Å²) in [6, 6.07) is 11.2. The van der Waals surface area contributed by atoms with Gasteiger partial charge in [-0.25, -0.2) is 8.42 Å². The maximum Gasteiger partial charge on any atom is 0.262 e. The van der Waals surface area contributed by atoms with Crippen LogP contribution in [0, 0.1) is 6.92 Å². The van der Waals surface area contributed by atoms with Crippen molar-refractivity contribution in [3.8, 4) is 5.88 Å². The molecule has 0 aliphatic carbocycles. The number of pyridine rings is 1. The molecule has 2 aromatic heterocycles. The van der Waals surface area contributed by atoms with Crippen LogP contribution in [0.15, 0.2) is 47.5 Å². The average Bonchev–Trinajstić information content (AvgIpc) is 3.10. The van der Waals surface area contributed by atoms with Gasteiger partial charge in [0, 0.05) is 26.3 Å². The van der Waals surface area contributed by atoms with Gasteiger partial charge in [0.15, 0.2) is 0 Å². The minimum atomic E-state index is -3.83. The fourth-order valence-corrected chi connectivity index (χ4v) is 4.79. The number of hydrogen-bond acceptors (Lipinski definition) is 6. The lowest BCUT2D eigenvalue weighted by molar-refractivity contribution is 0.0898. The first-order valence-electron chi connectivity index (χ1n) is 10.5. The van der Waals surface area contributed by atoms with Crippen molar-refractivity contribution in [2.45, 2.75) is 44.2 Å². The van der Waals surface area contributed by atoms with Crippen LogP contribution < -0.4 is 9.46 Å². The SMILES string of the molecule is Cc1ccc(S(=O)(=O)Nc2cc3ccn(COCC[Si](C)(C)C)c3nc2OCCO)cc1. The summed E-state index contributed by atoms with van der Waals surface area (Å²) in [6.07, 6.45) is 1.85. The zero-order chi connectivity index (χ0) is 23.4. The fraction of sp³-hybridized carbons (Fsp3) is 0.409. The van der Waals surface area contributed by atoms with Crippen LogP contribution in [0.4, 0.5) is 5.69 Å². The van der Waals surface area contributed by atoms with E-state index in [1.54, 1.807) is 30.3 Å². The number of aryl methyl sites for hydroxylation is 1. The van der Waals surface area contributed by atoms with E-state index in [1.165, 1.54) is 0 Å². The molecule has 32 heavy (non-hydrogen) atoms. The molecular weight excluding hydrogens is 446 g/mol. The fourth-order valence-electron chi connectivity index (χ4n) is 2.99. The molecule has 8 nitrogen and oxygen atoms in total. The zero-order valence-electron chi connectivity index (χ0n) is 19.0. The molecule has 0 aliphatic heterocycles. The summed E-state index contributed by atoms with van der Waals surface area (Å²) in [5.41, 5.74) is 1.79. The summed E-state index contributed by atoms with van der Waals surface area (Å²) >= 11 is 0. The van der Waals surface area contributed by atoms with Crippen molar-refractivity contribution in [2.75, 3.05) is 24.5 Å². The minimum Gasteiger partial charge on any atom is -0.474 e. The second kappa shape index (κ2) is 10.0. The second-order valence-corrected chi connectivity index (χ2v) is 16.2. The molecule has 2 heterocycles. The van der Waals surface area contributed by atoms with E-state index in [4.69, 9.17) is 9.47 Å². The maximum absolute atomic E-state index is 12.9. The van der Waals surface area contributed by atoms with Crippen LogP contribution in [0.1, 0.15) is 5.56 Å². The van der Waals surface area contributed by atoms with E-state index in [9.17, 15) is 13.5 Å². The standard InChI is InChI=1S/C22H31N3O5SSi/c1-17-5-7-19(8-6-17)31(27,28)24-20-15-18-9-10-25(16-29-13-14-32(2,3)4)21(18)23-22(20)30-12-11-26/h5-10,15,24,26H,11-14,16H2,1-4H3. The number of rotatable bonds is 11. The van der Waals surface area contributed by atoms with Crippen molar-refractivity contribution in [1.29, 1.82) is 0 Å². The Kier molecular flexibility index (Phi) is 7.60. The highest BCUT2D eigenvalue weighted by atomic mass is 32.2. The first kappa shape index (κ1) is 24.2. The van der Waals surface area contributed by atoms with E-state index >= 15 is 0 Å². The van der Waals surface area contributed by atoms with Gasteiger partial charge in [0.25, 0.3) is 10.0 Å². The Morgan fingerprint density at radius 1 is 1.12 bits per heavy atom. The number of ether oxygens (including phenoxy) is 2. The summed E-state index contributed by atoms with van der Waals surface area (Å²) in [5, 5.41) is 9.93. The third-order valence-electron chi connectivity index (χ3n) is 4.83. The summed E-state index contributed by atoms with van der Waals surface area (Å²) in [5.74, 6) is 0.101. The van der Waals surface area contributed by atoms with E-state index in [0.29, 0.717) is 19.0 Å². The molecule has 0 atom stereocenters.